The van der Waals surface area contributed by atoms with E-state index in [0.717, 1.165) is 30.3 Å². The number of anilines is 1. The first-order chi connectivity index (χ1) is 27.1. The van der Waals surface area contributed by atoms with Gasteiger partial charge in [-0.15, -0.1) is 5.06 Å². The van der Waals surface area contributed by atoms with Gasteiger partial charge in [0.2, 0.25) is 10.0 Å². The molecule has 1 fully saturated rings. The molecule has 2 aliphatic heterocycles. The number of hydrogen-bond donors (Lipinski definition) is 7. The summed E-state index contributed by atoms with van der Waals surface area (Å²) in [6.45, 7) is -0.466. The Kier molecular flexibility index (Phi) is 12.7. The Hall–Kier alpha value is -5.79. The number of carboxylic acids is 1. The lowest BCUT2D eigenvalue weighted by atomic mass is 9.89. The monoisotopic (exact) mass is 865 g/mol. The predicted octanol–water partition coefficient (Wildman–Crippen LogP) is 1.66. The molecule has 8 N–H and O–H groups in total. The van der Waals surface area contributed by atoms with Crippen molar-refractivity contribution in [2.75, 3.05) is 24.6 Å². The molecule has 0 saturated carbocycles. The Morgan fingerprint density at radius 3 is 2.19 bits per heavy atom. The number of nitrogen functional groups attached to an aromatic ring is 1. The Morgan fingerprint density at radius 2 is 1.55 bits per heavy atom. The van der Waals surface area contributed by atoms with Gasteiger partial charge in [-0.3, -0.25) is 28.9 Å². The number of amides is 3. The molecule has 0 atom stereocenters. The number of aromatic carboxylic acids is 1. The third-order valence-corrected chi connectivity index (χ3v) is 12.0. The average Bonchev–Trinajstić information content (AvgIpc) is 3.44. The summed E-state index contributed by atoms with van der Waals surface area (Å²) < 4.78 is 102. The normalized spacial score (nSPS) is 13.7. The number of nitrogens with two attached hydrogens (primary N) is 1. The SMILES string of the molecule is N=c1ccc2c(-c3cc(C(=O)NCCCCCC(=O)ON4C(=O)CCC4=O)ccc3C(=O)O)c3ccc(N)c(S(=O)(=O)NCCCS(=O)(=O)O)c3oc-2c1S(=O)(=O)O. The summed E-state index contributed by atoms with van der Waals surface area (Å²) in [5, 5.41) is 20.6. The van der Waals surface area contributed by atoms with Crippen molar-refractivity contribution in [1.82, 2.24) is 15.1 Å². The summed E-state index contributed by atoms with van der Waals surface area (Å²) in [5.74, 6) is -5.83. The minimum Gasteiger partial charge on any atom is -0.478 e. The number of hydrogen-bond acceptors (Lipinski definition) is 15. The van der Waals surface area contributed by atoms with E-state index in [-0.39, 0.29) is 66.3 Å². The molecule has 3 aliphatic rings. The molecule has 58 heavy (non-hydrogen) atoms. The molecule has 2 aromatic carbocycles. The number of imide groups is 1. The van der Waals surface area contributed by atoms with Crippen molar-refractivity contribution < 1.29 is 72.7 Å². The molecule has 0 radical (unpaired) electrons. The summed E-state index contributed by atoms with van der Waals surface area (Å²) in [5.41, 5.74) is 3.68. The van der Waals surface area contributed by atoms with Crippen molar-refractivity contribution in [3.8, 4) is 22.5 Å². The third-order valence-electron chi connectivity index (χ3n) is 8.72. The van der Waals surface area contributed by atoms with Crippen LogP contribution in [-0.2, 0) is 49.5 Å². The number of nitrogens with one attached hydrogen (secondary N) is 3. The van der Waals surface area contributed by atoms with Crippen LogP contribution in [0.5, 0.6) is 0 Å². The van der Waals surface area contributed by atoms with E-state index in [2.05, 4.69) is 10.0 Å². The molecule has 1 aliphatic carbocycles. The minimum atomic E-state index is -5.29. The molecule has 3 amide bonds. The van der Waals surface area contributed by atoms with Gasteiger partial charge in [-0.2, -0.15) is 16.8 Å². The van der Waals surface area contributed by atoms with Crippen molar-refractivity contribution in [3.05, 3.63) is 58.9 Å². The Balaban J connectivity index is 1.52. The summed E-state index contributed by atoms with van der Waals surface area (Å²) >= 11 is 0. The average molecular weight is 866 g/mol. The second-order valence-corrected chi connectivity index (χ2v) is 17.5. The number of carboxylic acid groups (broad SMARTS) is 1. The molecule has 2 heterocycles. The molecular formula is C34H35N5O16S3. The van der Waals surface area contributed by atoms with E-state index in [1.54, 1.807) is 0 Å². The fraction of sp³-hybridized carbons (Fsp3) is 0.294. The van der Waals surface area contributed by atoms with Gasteiger partial charge in [0.25, 0.3) is 38.0 Å². The smallest absolute Gasteiger partial charge is 0.336 e. The van der Waals surface area contributed by atoms with Crippen LogP contribution in [0, 0.1) is 5.41 Å². The number of rotatable bonds is 17. The van der Waals surface area contributed by atoms with Crippen molar-refractivity contribution >= 4 is 76.6 Å². The first-order valence-electron chi connectivity index (χ1n) is 17.1. The van der Waals surface area contributed by atoms with Crippen LogP contribution in [0.15, 0.2) is 56.7 Å². The topological polar surface area (TPSA) is 348 Å². The van der Waals surface area contributed by atoms with Crippen LogP contribution < -0.4 is 21.1 Å². The molecule has 5 rings (SSSR count). The first kappa shape index (κ1) is 43.3. The van der Waals surface area contributed by atoms with Gasteiger partial charge in [-0.05, 0) is 67.3 Å². The largest absolute Gasteiger partial charge is 0.478 e. The number of sulfonamides is 1. The number of carbonyl (C=O) groups excluding carboxylic acids is 4. The second-order valence-electron chi connectivity index (χ2n) is 12.8. The Bertz CT molecular complexity index is 2720. The quantitative estimate of drug-likeness (QED) is 0.0261. The third kappa shape index (κ3) is 9.66. The van der Waals surface area contributed by atoms with Crippen LogP contribution in [0.3, 0.4) is 0 Å². The Labute approximate surface area is 329 Å². The van der Waals surface area contributed by atoms with Crippen LogP contribution >= 0.6 is 0 Å². The highest BCUT2D eigenvalue weighted by molar-refractivity contribution is 7.90. The van der Waals surface area contributed by atoms with E-state index in [4.69, 9.17) is 25.0 Å². The molecule has 0 aromatic heterocycles. The van der Waals surface area contributed by atoms with Crippen molar-refractivity contribution in [1.29, 1.82) is 5.41 Å². The highest BCUT2D eigenvalue weighted by Gasteiger charge is 2.34. The van der Waals surface area contributed by atoms with Gasteiger partial charge in [-0.1, -0.05) is 6.42 Å². The predicted molar refractivity (Wildman–Crippen MR) is 200 cm³/mol. The lowest BCUT2D eigenvalue weighted by Gasteiger charge is -2.21. The van der Waals surface area contributed by atoms with Gasteiger partial charge < -0.3 is 25.4 Å². The van der Waals surface area contributed by atoms with Crippen LogP contribution in [-0.4, -0.2) is 93.0 Å². The molecule has 0 bridgehead atoms. The van der Waals surface area contributed by atoms with Gasteiger partial charge in [0.05, 0.1) is 22.4 Å². The molecule has 21 nitrogen and oxygen atoms in total. The van der Waals surface area contributed by atoms with E-state index in [0.29, 0.717) is 17.9 Å². The van der Waals surface area contributed by atoms with Crippen molar-refractivity contribution in [2.45, 2.75) is 54.7 Å². The number of carbonyl (C=O) groups is 5. The highest BCUT2D eigenvalue weighted by atomic mass is 32.2. The number of benzene rings is 3. The minimum absolute atomic E-state index is 0.0492. The van der Waals surface area contributed by atoms with Gasteiger partial charge in [0.1, 0.15) is 4.90 Å². The molecule has 1 saturated heterocycles. The van der Waals surface area contributed by atoms with Gasteiger partial charge in [0.15, 0.2) is 16.2 Å². The number of nitrogens with zero attached hydrogens (tertiary/aromatic N) is 1. The summed E-state index contributed by atoms with van der Waals surface area (Å²) in [7, 11) is -14.5. The zero-order valence-electron chi connectivity index (χ0n) is 30.0. The van der Waals surface area contributed by atoms with Gasteiger partial charge in [-0.25, -0.2) is 22.7 Å². The van der Waals surface area contributed by atoms with Crippen LogP contribution in [0.1, 0.15) is 65.7 Å². The maximum atomic E-state index is 13.7. The lowest BCUT2D eigenvalue weighted by Crippen LogP contribution is -2.31. The number of fused-ring (bicyclic) bond motifs is 2. The lowest BCUT2D eigenvalue weighted by molar-refractivity contribution is -0.197. The fourth-order valence-corrected chi connectivity index (χ4v) is 8.67. The molecule has 24 heteroatoms. The van der Waals surface area contributed by atoms with Gasteiger partial charge in [0, 0.05) is 54.4 Å². The van der Waals surface area contributed by atoms with E-state index < -0.39 is 110 Å². The van der Waals surface area contributed by atoms with E-state index in [9.17, 15) is 58.9 Å². The van der Waals surface area contributed by atoms with E-state index >= 15 is 0 Å². The zero-order valence-corrected chi connectivity index (χ0v) is 32.5. The van der Waals surface area contributed by atoms with Crippen LogP contribution in [0.2, 0.25) is 0 Å². The number of unbranched alkanes of at least 4 members (excludes halogenated alkanes) is 2. The Morgan fingerprint density at radius 1 is 0.862 bits per heavy atom. The summed E-state index contributed by atoms with van der Waals surface area (Å²) in [4.78, 5) is 64.2. The molecule has 0 unspecified atom stereocenters. The summed E-state index contributed by atoms with van der Waals surface area (Å²) in [6, 6.07) is 7.88. The molecule has 2 aromatic rings. The molecule has 310 valence electrons. The van der Waals surface area contributed by atoms with Crippen molar-refractivity contribution in [2.24, 2.45) is 0 Å². The van der Waals surface area contributed by atoms with Gasteiger partial charge >= 0.3 is 11.9 Å². The van der Waals surface area contributed by atoms with Crippen LogP contribution in [0.4, 0.5) is 5.69 Å². The van der Waals surface area contributed by atoms with Crippen molar-refractivity contribution in [3.63, 3.8) is 0 Å². The standard InChI is InChI=1S/C34H35N5O16S3/c35-23-10-8-20-28(21-9-11-24(36)32(58(51,52)53)30(21)54-29(20)31(23)57(49,50)38-15-4-16-56(46,47)48)22-17-18(6-7-19(22)34(44)45)33(43)37-14-3-1-2-5-27(42)55-39-25(40)12-13-26(39)41/h6-11,17,36,38H,1-5,12-16,35H2,(H,37,43)(H,44,45)(H,46,47,48)(H,51,52,53). The fourth-order valence-electron chi connectivity index (χ4n) is 6.10. The maximum Gasteiger partial charge on any atom is 0.336 e. The highest BCUT2D eigenvalue weighted by Crippen LogP contribution is 2.46. The summed E-state index contributed by atoms with van der Waals surface area (Å²) in [6.07, 6.45) is 0.445. The zero-order chi connectivity index (χ0) is 42.7. The number of hydroxylamine groups is 2. The van der Waals surface area contributed by atoms with E-state index in [1.807, 2.05) is 0 Å². The molecule has 0 spiro atoms. The van der Waals surface area contributed by atoms with E-state index in [1.165, 1.54) is 12.1 Å². The molecular weight excluding hydrogens is 831 g/mol. The van der Waals surface area contributed by atoms with Crippen LogP contribution in [0.25, 0.3) is 33.4 Å². The first-order valence-corrected chi connectivity index (χ1v) is 21.7. The maximum absolute atomic E-state index is 13.7. The second kappa shape index (κ2) is 17.0.